The number of rotatable bonds is 11. The highest BCUT2D eigenvalue weighted by Gasteiger charge is 2.42. The number of esters is 1. The number of benzene rings is 1. The Morgan fingerprint density at radius 1 is 1.19 bits per heavy atom. The van der Waals surface area contributed by atoms with Crippen LogP contribution in [0.15, 0.2) is 53.3 Å². The van der Waals surface area contributed by atoms with E-state index in [9.17, 15) is 9.59 Å². The number of nitrogens with zero attached hydrogens (tertiary/aromatic N) is 4. The zero-order valence-corrected chi connectivity index (χ0v) is 20.8. The topological polar surface area (TPSA) is 108 Å². The second kappa shape index (κ2) is 12.3. The van der Waals surface area contributed by atoms with Gasteiger partial charge in [-0.05, 0) is 37.5 Å². The lowest BCUT2D eigenvalue weighted by atomic mass is 9.83. The molecule has 0 aliphatic carbocycles. The van der Waals surface area contributed by atoms with Crippen molar-refractivity contribution in [3.8, 4) is 17.1 Å². The number of likely N-dealkylation sites (tertiary alicyclic amines) is 1. The van der Waals surface area contributed by atoms with E-state index < -0.39 is 12.0 Å². The normalized spacial score (nSPS) is 17.7. The number of pyridine rings is 1. The van der Waals surface area contributed by atoms with E-state index in [1.165, 1.54) is 0 Å². The summed E-state index contributed by atoms with van der Waals surface area (Å²) >= 11 is 0. The van der Waals surface area contributed by atoms with Crippen molar-refractivity contribution < 1.29 is 23.6 Å². The molecular weight excluding hydrogens is 460 g/mol. The number of ether oxygens (including phenoxy) is 2. The van der Waals surface area contributed by atoms with E-state index in [0.29, 0.717) is 49.7 Å². The molecule has 1 fully saturated rings. The molecule has 9 nitrogen and oxygen atoms in total. The lowest BCUT2D eigenvalue weighted by Gasteiger charge is -2.41. The monoisotopic (exact) mass is 492 g/mol. The highest BCUT2D eigenvalue weighted by atomic mass is 16.5. The molecule has 1 aliphatic rings. The van der Waals surface area contributed by atoms with Crippen LogP contribution in [-0.4, -0.2) is 52.2 Å². The minimum Gasteiger partial charge on any atom is -0.496 e. The third kappa shape index (κ3) is 5.90. The number of piperidine rings is 1. The molecule has 2 atom stereocenters. The van der Waals surface area contributed by atoms with Crippen LogP contribution in [0.3, 0.4) is 0 Å². The SMILES string of the molecule is CCCCN1C(=O)CCC(C(=O)OCCCc2nc(-c3cccnc3)no2)C1c1ccccc1OC. The van der Waals surface area contributed by atoms with E-state index >= 15 is 0 Å². The molecule has 1 amide bonds. The molecular formula is C27H32N4O5. The van der Waals surface area contributed by atoms with Gasteiger partial charge in [0, 0.05) is 42.9 Å². The average molecular weight is 493 g/mol. The van der Waals surface area contributed by atoms with Gasteiger partial charge in [-0.2, -0.15) is 4.98 Å². The first-order valence-electron chi connectivity index (χ1n) is 12.4. The fourth-order valence-corrected chi connectivity index (χ4v) is 4.56. The first kappa shape index (κ1) is 25.3. The van der Waals surface area contributed by atoms with E-state index in [-0.39, 0.29) is 18.5 Å². The van der Waals surface area contributed by atoms with Gasteiger partial charge in [-0.25, -0.2) is 0 Å². The van der Waals surface area contributed by atoms with Crippen molar-refractivity contribution in [3.63, 3.8) is 0 Å². The third-order valence-electron chi connectivity index (χ3n) is 6.39. The van der Waals surface area contributed by atoms with Gasteiger partial charge in [0.05, 0.1) is 25.7 Å². The van der Waals surface area contributed by atoms with Gasteiger partial charge in [-0.15, -0.1) is 0 Å². The number of unbranched alkanes of at least 4 members (excludes halogenated alkanes) is 1. The summed E-state index contributed by atoms with van der Waals surface area (Å²) in [5.74, 6) is 0.916. The standard InChI is InChI=1S/C27H32N4O5/c1-3-4-16-31-24(32)14-13-21(25(31)20-10-5-6-11-22(20)34-2)27(33)35-17-8-12-23-29-26(30-36-23)19-9-7-15-28-18-19/h5-7,9-11,15,18,21,25H,3-4,8,12-14,16-17H2,1-2H3. The summed E-state index contributed by atoms with van der Waals surface area (Å²) in [5.41, 5.74) is 1.61. The largest absolute Gasteiger partial charge is 0.496 e. The van der Waals surface area contributed by atoms with E-state index in [2.05, 4.69) is 22.0 Å². The van der Waals surface area contributed by atoms with Crippen molar-refractivity contribution >= 4 is 11.9 Å². The van der Waals surface area contributed by atoms with Gasteiger partial charge in [0.2, 0.25) is 17.6 Å². The zero-order chi connectivity index (χ0) is 25.3. The van der Waals surface area contributed by atoms with Crippen molar-refractivity contribution in [2.75, 3.05) is 20.3 Å². The number of para-hydroxylation sites is 1. The van der Waals surface area contributed by atoms with Crippen LogP contribution in [0.2, 0.25) is 0 Å². The Hall–Kier alpha value is -3.75. The number of hydrogen-bond acceptors (Lipinski definition) is 8. The number of carbonyl (C=O) groups is 2. The number of hydrogen-bond donors (Lipinski definition) is 0. The van der Waals surface area contributed by atoms with Crippen molar-refractivity contribution in [1.29, 1.82) is 0 Å². The fraction of sp³-hybridized carbons (Fsp3) is 0.444. The maximum atomic E-state index is 13.2. The van der Waals surface area contributed by atoms with Crippen molar-refractivity contribution in [1.82, 2.24) is 20.0 Å². The Kier molecular flexibility index (Phi) is 8.65. The average Bonchev–Trinajstić information content (AvgIpc) is 3.39. The van der Waals surface area contributed by atoms with E-state index in [1.807, 2.05) is 41.3 Å². The van der Waals surface area contributed by atoms with Crippen LogP contribution in [0.25, 0.3) is 11.4 Å². The zero-order valence-electron chi connectivity index (χ0n) is 20.8. The molecule has 2 unspecified atom stereocenters. The van der Waals surface area contributed by atoms with Crippen LogP contribution in [0.1, 0.15) is 56.5 Å². The van der Waals surface area contributed by atoms with Crippen LogP contribution in [0.4, 0.5) is 0 Å². The summed E-state index contributed by atoms with van der Waals surface area (Å²) < 4.78 is 16.6. The number of carbonyl (C=O) groups excluding carboxylic acids is 2. The lowest BCUT2D eigenvalue weighted by Crippen LogP contribution is -2.46. The smallest absolute Gasteiger partial charge is 0.311 e. The van der Waals surface area contributed by atoms with Crippen LogP contribution in [0.5, 0.6) is 5.75 Å². The number of aromatic nitrogens is 3. The minimum atomic E-state index is -0.462. The Morgan fingerprint density at radius 3 is 2.83 bits per heavy atom. The van der Waals surface area contributed by atoms with Gasteiger partial charge in [0.25, 0.3) is 0 Å². The Bertz CT molecular complexity index is 1150. The molecule has 0 radical (unpaired) electrons. The predicted molar refractivity (Wildman–Crippen MR) is 132 cm³/mol. The first-order valence-corrected chi connectivity index (χ1v) is 12.4. The summed E-state index contributed by atoms with van der Waals surface area (Å²) in [5, 5.41) is 3.99. The summed E-state index contributed by atoms with van der Waals surface area (Å²) in [6, 6.07) is 10.8. The molecule has 3 aromatic rings. The van der Waals surface area contributed by atoms with E-state index in [4.69, 9.17) is 14.0 Å². The van der Waals surface area contributed by atoms with Gasteiger partial charge in [-0.1, -0.05) is 36.7 Å². The van der Waals surface area contributed by atoms with E-state index in [0.717, 1.165) is 24.0 Å². The quantitative estimate of drug-likeness (QED) is 0.286. The van der Waals surface area contributed by atoms with Crippen molar-refractivity contribution in [3.05, 3.63) is 60.2 Å². The van der Waals surface area contributed by atoms with Gasteiger partial charge in [0.15, 0.2) is 0 Å². The lowest BCUT2D eigenvalue weighted by molar-refractivity contribution is -0.157. The molecule has 1 aromatic carbocycles. The van der Waals surface area contributed by atoms with Gasteiger partial charge in [-0.3, -0.25) is 14.6 Å². The third-order valence-corrected chi connectivity index (χ3v) is 6.39. The molecule has 4 rings (SSSR count). The number of methoxy groups -OCH3 is 1. The Balaban J connectivity index is 1.40. The Morgan fingerprint density at radius 2 is 2.06 bits per heavy atom. The molecule has 36 heavy (non-hydrogen) atoms. The summed E-state index contributed by atoms with van der Waals surface area (Å²) in [7, 11) is 1.60. The number of amides is 1. The molecule has 0 bridgehead atoms. The fourth-order valence-electron chi connectivity index (χ4n) is 4.56. The molecule has 0 N–H and O–H groups in total. The predicted octanol–water partition coefficient (Wildman–Crippen LogP) is 4.40. The minimum absolute atomic E-state index is 0.0595. The van der Waals surface area contributed by atoms with Crippen LogP contribution < -0.4 is 4.74 Å². The number of aryl methyl sites for hydroxylation is 1. The second-order valence-corrected chi connectivity index (χ2v) is 8.80. The Labute approximate surface area is 210 Å². The van der Waals surface area contributed by atoms with Crippen LogP contribution >= 0.6 is 0 Å². The van der Waals surface area contributed by atoms with E-state index in [1.54, 1.807) is 19.5 Å². The summed E-state index contributed by atoms with van der Waals surface area (Å²) in [4.78, 5) is 36.4. The molecule has 190 valence electrons. The van der Waals surface area contributed by atoms with Gasteiger partial charge < -0.3 is 18.9 Å². The second-order valence-electron chi connectivity index (χ2n) is 8.80. The molecule has 1 aliphatic heterocycles. The maximum absolute atomic E-state index is 13.2. The summed E-state index contributed by atoms with van der Waals surface area (Å²) in [6.07, 6.45) is 6.98. The maximum Gasteiger partial charge on any atom is 0.311 e. The molecule has 0 saturated carbocycles. The molecule has 0 spiro atoms. The van der Waals surface area contributed by atoms with Crippen LogP contribution in [-0.2, 0) is 20.7 Å². The molecule has 9 heteroatoms. The molecule has 1 saturated heterocycles. The van der Waals surface area contributed by atoms with Gasteiger partial charge >= 0.3 is 5.97 Å². The highest BCUT2D eigenvalue weighted by Crippen LogP contribution is 2.41. The van der Waals surface area contributed by atoms with Crippen LogP contribution in [0, 0.1) is 5.92 Å². The van der Waals surface area contributed by atoms with Gasteiger partial charge in [0.1, 0.15) is 5.75 Å². The first-order chi connectivity index (χ1) is 17.6. The molecule has 2 aromatic heterocycles. The van der Waals surface area contributed by atoms with Crippen molar-refractivity contribution in [2.45, 2.75) is 51.5 Å². The highest BCUT2D eigenvalue weighted by molar-refractivity contribution is 5.82. The molecule has 3 heterocycles. The summed E-state index contributed by atoms with van der Waals surface area (Å²) in [6.45, 7) is 2.90. The van der Waals surface area contributed by atoms with Crippen molar-refractivity contribution in [2.24, 2.45) is 5.92 Å².